The Labute approximate surface area is 223 Å². The van der Waals surface area contributed by atoms with Crippen LogP contribution >= 0.6 is 0 Å². The van der Waals surface area contributed by atoms with Crippen LogP contribution in [0, 0.1) is 18.8 Å². The summed E-state index contributed by atoms with van der Waals surface area (Å²) in [6, 6.07) is 5.53. The number of carbonyl (C=O) groups is 3. The van der Waals surface area contributed by atoms with Crippen LogP contribution in [0.2, 0.25) is 0 Å². The average molecular weight is 581 g/mol. The Bertz CT molecular complexity index is 1130. The summed E-state index contributed by atoms with van der Waals surface area (Å²) in [5, 5.41) is 17.2. The van der Waals surface area contributed by atoms with E-state index in [1.54, 1.807) is 18.6 Å². The number of amides is 1. The van der Waals surface area contributed by atoms with Crippen molar-refractivity contribution in [2.24, 2.45) is 11.8 Å². The van der Waals surface area contributed by atoms with Gasteiger partial charge in [0.15, 0.2) is 0 Å². The van der Waals surface area contributed by atoms with Crippen molar-refractivity contribution in [2.75, 3.05) is 29.9 Å². The van der Waals surface area contributed by atoms with Gasteiger partial charge >= 0.3 is 24.3 Å². The molecule has 0 unspecified atom stereocenters. The highest BCUT2D eigenvalue weighted by Crippen LogP contribution is 2.33. The fourth-order valence-corrected chi connectivity index (χ4v) is 3.80. The number of nitrogens with zero attached hydrogens (tertiary/aromatic N) is 4. The molecule has 40 heavy (non-hydrogen) atoms. The van der Waals surface area contributed by atoms with Gasteiger partial charge in [0.05, 0.1) is 30.0 Å². The van der Waals surface area contributed by atoms with Crippen LogP contribution in [0.1, 0.15) is 18.5 Å². The Morgan fingerprint density at radius 2 is 1.52 bits per heavy atom. The van der Waals surface area contributed by atoms with E-state index in [-0.39, 0.29) is 17.9 Å². The molecule has 220 valence electrons. The lowest BCUT2D eigenvalue weighted by atomic mass is 9.83. The van der Waals surface area contributed by atoms with E-state index in [9.17, 15) is 31.1 Å². The second-order valence-corrected chi connectivity index (χ2v) is 8.58. The van der Waals surface area contributed by atoms with E-state index in [0.717, 1.165) is 43.3 Å². The molecule has 1 amide bonds. The van der Waals surface area contributed by atoms with E-state index in [1.165, 1.54) is 0 Å². The number of aliphatic carboxylic acids is 2. The molecule has 2 saturated heterocycles. The molecule has 0 bridgehead atoms. The Hall–Kier alpha value is -4.02. The maximum absolute atomic E-state index is 12.7. The number of alkyl halides is 6. The largest absolute Gasteiger partial charge is 0.490 e. The maximum atomic E-state index is 12.7. The summed E-state index contributed by atoms with van der Waals surface area (Å²) in [5.41, 5.74) is 1.59. The third-order valence-electron chi connectivity index (χ3n) is 5.72. The number of carboxylic acids is 2. The zero-order valence-electron chi connectivity index (χ0n) is 20.8. The SMILES string of the molecule is Cc1ncccc1NC(=O)[C@H]1CO[C@H]2CCN(c3ncccn3)C[C@H]2C1.O=C(O)C(F)(F)F.O=C(O)C(F)(F)F. The van der Waals surface area contributed by atoms with Gasteiger partial charge in [0.2, 0.25) is 11.9 Å². The number of rotatable bonds is 3. The van der Waals surface area contributed by atoms with Crippen molar-refractivity contribution in [1.82, 2.24) is 15.0 Å². The number of hydrogen-bond donors (Lipinski definition) is 3. The highest BCUT2D eigenvalue weighted by molar-refractivity contribution is 5.93. The monoisotopic (exact) mass is 581 g/mol. The summed E-state index contributed by atoms with van der Waals surface area (Å²) in [4.78, 5) is 45.6. The summed E-state index contributed by atoms with van der Waals surface area (Å²) in [6.07, 6.45) is -2.94. The van der Waals surface area contributed by atoms with Gasteiger partial charge in [0, 0.05) is 37.6 Å². The highest BCUT2D eigenvalue weighted by atomic mass is 19.4. The molecule has 17 heteroatoms. The van der Waals surface area contributed by atoms with Crippen LogP contribution < -0.4 is 10.2 Å². The molecular weight excluding hydrogens is 556 g/mol. The topological polar surface area (TPSA) is 155 Å². The Balaban J connectivity index is 0.000000333. The number of pyridine rings is 1. The molecule has 2 aromatic rings. The van der Waals surface area contributed by atoms with Crippen LogP contribution in [0.5, 0.6) is 0 Å². The molecule has 3 atom stereocenters. The highest BCUT2D eigenvalue weighted by Gasteiger charge is 2.40. The van der Waals surface area contributed by atoms with Gasteiger partial charge in [0.25, 0.3) is 0 Å². The molecule has 2 aromatic heterocycles. The van der Waals surface area contributed by atoms with E-state index in [0.29, 0.717) is 12.5 Å². The summed E-state index contributed by atoms with van der Waals surface area (Å²) < 4.78 is 69.5. The lowest BCUT2D eigenvalue weighted by Crippen LogP contribution is -2.50. The van der Waals surface area contributed by atoms with Gasteiger partial charge in [0.1, 0.15) is 0 Å². The van der Waals surface area contributed by atoms with Gasteiger partial charge in [-0.05, 0) is 38.0 Å². The van der Waals surface area contributed by atoms with Crippen LogP contribution in [0.3, 0.4) is 0 Å². The van der Waals surface area contributed by atoms with Crippen LogP contribution in [0.15, 0.2) is 36.8 Å². The lowest BCUT2D eigenvalue weighted by Gasteiger charge is -2.43. The second-order valence-electron chi connectivity index (χ2n) is 8.58. The molecule has 3 N–H and O–H groups in total. The zero-order valence-corrected chi connectivity index (χ0v) is 20.8. The first kappa shape index (κ1) is 32.2. The normalized spacial score (nSPS) is 20.5. The van der Waals surface area contributed by atoms with Crippen molar-refractivity contribution >= 4 is 29.5 Å². The number of aryl methyl sites for hydroxylation is 1. The number of fused-ring (bicyclic) bond motifs is 1. The molecule has 0 aliphatic carbocycles. The van der Waals surface area contributed by atoms with E-state index in [1.807, 2.05) is 25.1 Å². The number of nitrogens with one attached hydrogen (secondary N) is 1. The Morgan fingerprint density at radius 1 is 0.975 bits per heavy atom. The quantitative estimate of drug-likeness (QED) is 0.460. The molecule has 0 saturated carbocycles. The van der Waals surface area contributed by atoms with Gasteiger partial charge in [-0.25, -0.2) is 19.6 Å². The molecule has 4 heterocycles. The minimum absolute atomic E-state index is 0.00707. The van der Waals surface area contributed by atoms with Crippen molar-refractivity contribution < 1.29 is 55.7 Å². The number of carbonyl (C=O) groups excluding carboxylic acids is 1. The Kier molecular flexibility index (Phi) is 11.2. The summed E-state index contributed by atoms with van der Waals surface area (Å²) >= 11 is 0. The average Bonchev–Trinajstić information content (AvgIpc) is 2.89. The minimum Gasteiger partial charge on any atom is -0.475 e. The van der Waals surface area contributed by atoms with Crippen molar-refractivity contribution in [2.45, 2.75) is 38.2 Å². The number of piperidine rings is 1. The summed E-state index contributed by atoms with van der Waals surface area (Å²) in [5.74, 6) is -4.59. The zero-order chi connectivity index (χ0) is 30.1. The molecular formula is C23H25F6N5O6. The van der Waals surface area contributed by atoms with E-state index in [2.05, 4.69) is 25.2 Å². The number of hydrogen-bond acceptors (Lipinski definition) is 8. The first-order valence-corrected chi connectivity index (χ1v) is 11.6. The van der Waals surface area contributed by atoms with Gasteiger partial charge in [-0.1, -0.05) is 0 Å². The van der Waals surface area contributed by atoms with E-state index >= 15 is 0 Å². The van der Waals surface area contributed by atoms with Gasteiger partial charge < -0.3 is 25.2 Å². The first-order chi connectivity index (χ1) is 18.6. The summed E-state index contributed by atoms with van der Waals surface area (Å²) in [6.45, 7) is 4.08. The maximum Gasteiger partial charge on any atom is 0.490 e. The van der Waals surface area contributed by atoms with Crippen LogP contribution in [-0.2, 0) is 19.1 Å². The number of carboxylic acid groups (broad SMARTS) is 2. The smallest absolute Gasteiger partial charge is 0.475 e. The van der Waals surface area contributed by atoms with Crippen LogP contribution in [-0.4, -0.2) is 81.2 Å². The third kappa shape index (κ3) is 9.94. The van der Waals surface area contributed by atoms with E-state index < -0.39 is 24.3 Å². The fourth-order valence-electron chi connectivity index (χ4n) is 3.80. The number of anilines is 2. The fraction of sp³-hybridized carbons (Fsp3) is 0.478. The van der Waals surface area contributed by atoms with Gasteiger partial charge in [-0.2, -0.15) is 26.3 Å². The van der Waals surface area contributed by atoms with Crippen LogP contribution in [0.4, 0.5) is 38.0 Å². The van der Waals surface area contributed by atoms with Gasteiger partial charge in [-0.3, -0.25) is 9.78 Å². The second kappa shape index (κ2) is 13.9. The van der Waals surface area contributed by atoms with Crippen LogP contribution in [0.25, 0.3) is 0 Å². The van der Waals surface area contributed by atoms with Crippen molar-refractivity contribution in [3.05, 3.63) is 42.5 Å². The molecule has 4 rings (SSSR count). The van der Waals surface area contributed by atoms with Crippen molar-refractivity contribution in [3.8, 4) is 0 Å². The molecule has 0 aromatic carbocycles. The minimum atomic E-state index is -5.08. The molecule has 2 fully saturated rings. The predicted octanol–water partition coefficient (Wildman–Crippen LogP) is 3.32. The third-order valence-corrected chi connectivity index (χ3v) is 5.72. The molecule has 0 spiro atoms. The van der Waals surface area contributed by atoms with Crippen molar-refractivity contribution in [1.29, 1.82) is 0 Å². The van der Waals surface area contributed by atoms with E-state index in [4.69, 9.17) is 24.5 Å². The molecule has 2 aliphatic heterocycles. The molecule has 11 nitrogen and oxygen atoms in total. The first-order valence-electron chi connectivity index (χ1n) is 11.6. The number of ether oxygens (including phenoxy) is 1. The Morgan fingerprint density at radius 3 is 2.05 bits per heavy atom. The number of halogens is 6. The standard InChI is InChI=1S/C19H23N5O2.2C2HF3O2/c1-13-16(4-2-6-20-13)23-18(25)15-10-14-11-24(9-5-17(14)26-12-15)19-21-7-3-8-22-19;2*3-2(4,5)1(6)7/h2-4,6-8,14-15,17H,5,9-12H2,1H3,(H,23,25);2*(H,6,7)/t14-,15-,17+;;/m1../s1. The lowest BCUT2D eigenvalue weighted by molar-refractivity contribution is -0.193. The van der Waals surface area contributed by atoms with Crippen molar-refractivity contribution in [3.63, 3.8) is 0 Å². The molecule has 0 radical (unpaired) electrons. The molecule has 2 aliphatic rings. The van der Waals surface area contributed by atoms with Gasteiger partial charge in [-0.15, -0.1) is 0 Å². The predicted molar refractivity (Wildman–Crippen MR) is 125 cm³/mol. The summed E-state index contributed by atoms with van der Waals surface area (Å²) in [7, 11) is 0. The number of aromatic nitrogens is 3.